The summed E-state index contributed by atoms with van der Waals surface area (Å²) in [6, 6.07) is 17.8. The number of anilines is 2. The molecule has 0 bridgehead atoms. The second-order valence-corrected chi connectivity index (χ2v) is 13.4. The number of aromatic nitrogens is 3. The van der Waals surface area contributed by atoms with Gasteiger partial charge in [0, 0.05) is 56.9 Å². The summed E-state index contributed by atoms with van der Waals surface area (Å²) in [6.07, 6.45) is -6.74. The molecule has 2 aliphatic heterocycles. The van der Waals surface area contributed by atoms with Gasteiger partial charge in [-0.2, -0.15) is 13.2 Å². The number of piperazine rings is 1. The highest BCUT2D eigenvalue weighted by molar-refractivity contribution is 6.33. The Balaban J connectivity index is 1.14. The van der Waals surface area contributed by atoms with Crippen LogP contribution in [0.5, 0.6) is 0 Å². The Morgan fingerprint density at radius 2 is 1.63 bits per heavy atom. The predicted molar refractivity (Wildman–Crippen MR) is 194 cm³/mol. The van der Waals surface area contributed by atoms with Gasteiger partial charge in [0.2, 0.25) is 0 Å². The minimum atomic E-state index is -4.81. The van der Waals surface area contributed by atoms with Crippen molar-refractivity contribution in [3.8, 4) is 11.4 Å². The third-order valence-electron chi connectivity index (χ3n) is 9.53. The third-order valence-corrected chi connectivity index (χ3v) is 9.84. The number of nitrogens with zero attached hydrogens (tertiary/aromatic N) is 5. The number of carbonyl (C=O) groups is 3. The summed E-state index contributed by atoms with van der Waals surface area (Å²) in [7, 11) is 0. The zero-order valence-corrected chi connectivity index (χ0v) is 30.1. The van der Waals surface area contributed by atoms with Gasteiger partial charge in [0.1, 0.15) is 0 Å². The average Bonchev–Trinajstić information content (AvgIpc) is 3.57. The van der Waals surface area contributed by atoms with E-state index in [4.69, 9.17) is 26.8 Å². The van der Waals surface area contributed by atoms with Crippen LogP contribution in [-0.4, -0.2) is 94.5 Å². The number of aromatic amines is 1. The van der Waals surface area contributed by atoms with Crippen molar-refractivity contribution in [2.45, 2.75) is 44.5 Å². The number of nitrogens with one attached hydrogen (secondary N) is 1. The van der Waals surface area contributed by atoms with Gasteiger partial charge in [0.05, 0.1) is 34.5 Å². The molecule has 0 spiro atoms. The first kappa shape index (κ1) is 38.2. The highest BCUT2D eigenvalue weighted by atomic mass is 35.5. The van der Waals surface area contributed by atoms with Crippen LogP contribution >= 0.6 is 11.6 Å². The number of ether oxygens (including phenoxy) is 2. The lowest BCUT2D eigenvalue weighted by Gasteiger charge is -2.38. The minimum Gasteiger partial charge on any atom is -0.462 e. The van der Waals surface area contributed by atoms with E-state index in [-0.39, 0.29) is 61.5 Å². The van der Waals surface area contributed by atoms with E-state index in [0.717, 1.165) is 17.3 Å². The lowest BCUT2D eigenvalue weighted by Crippen LogP contribution is -2.53. The Hall–Kier alpha value is -5.51. The van der Waals surface area contributed by atoms with Crippen LogP contribution in [0.25, 0.3) is 11.4 Å². The number of likely N-dealkylation sites (tertiary alicyclic amines) is 1. The molecule has 2 saturated heterocycles. The number of nitrogens with two attached hydrogens (primary N) is 1. The van der Waals surface area contributed by atoms with Crippen LogP contribution in [0.4, 0.5) is 29.3 Å². The molecule has 2 amide bonds. The molecule has 0 saturated carbocycles. The van der Waals surface area contributed by atoms with Crippen molar-refractivity contribution in [1.82, 2.24) is 24.6 Å². The number of hydrogen-bond donors (Lipinski definition) is 2. The maximum atomic E-state index is 14.0. The first-order chi connectivity index (χ1) is 25.8. The molecule has 17 heteroatoms. The van der Waals surface area contributed by atoms with Gasteiger partial charge in [-0.1, -0.05) is 41.9 Å². The second kappa shape index (κ2) is 16.2. The van der Waals surface area contributed by atoms with Crippen LogP contribution in [0.15, 0.2) is 71.5 Å². The van der Waals surface area contributed by atoms with E-state index in [0.29, 0.717) is 37.3 Å². The number of carbonyl (C=O) groups excluding carboxylic acids is 3. The lowest BCUT2D eigenvalue weighted by molar-refractivity contribution is -0.141. The van der Waals surface area contributed by atoms with Crippen molar-refractivity contribution in [1.29, 1.82) is 0 Å². The molecular weight excluding hydrogens is 731 g/mol. The number of piperidine rings is 1. The summed E-state index contributed by atoms with van der Waals surface area (Å²) >= 11 is 6.09. The van der Waals surface area contributed by atoms with Crippen molar-refractivity contribution in [3.63, 3.8) is 0 Å². The van der Waals surface area contributed by atoms with Gasteiger partial charge in [-0.05, 0) is 61.7 Å². The monoisotopic (exact) mass is 769 g/mol. The van der Waals surface area contributed by atoms with Crippen molar-refractivity contribution >= 4 is 40.9 Å². The van der Waals surface area contributed by atoms with E-state index in [2.05, 4.69) is 10.1 Å². The summed E-state index contributed by atoms with van der Waals surface area (Å²) in [5, 5.41) is 4.12. The molecule has 3 N–H and O–H groups in total. The number of halogens is 4. The van der Waals surface area contributed by atoms with Crippen molar-refractivity contribution in [2.24, 2.45) is 0 Å². The van der Waals surface area contributed by atoms with E-state index in [1.165, 1.54) is 20.5 Å². The van der Waals surface area contributed by atoms with Crippen LogP contribution in [-0.2, 0) is 26.9 Å². The molecule has 1 aromatic heterocycles. The number of H-pyrrole nitrogens is 1. The molecule has 0 radical (unpaired) electrons. The van der Waals surface area contributed by atoms with Gasteiger partial charge in [0.25, 0.3) is 5.91 Å². The number of esters is 1. The van der Waals surface area contributed by atoms with Gasteiger partial charge >= 0.3 is 23.9 Å². The average molecular weight is 770 g/mol. The van der Waals surface area contributed by atoms with E-state index in [1.54, 1.807) is 31.2 Å². The molecule has 54 heavy (non-hydrogen) atoms. The number of benzene rings is 3. The fourth-order valence-electron chi connectivity index (χ4n) is 6.63. The largest absolute Gasteiger partial charge is 0.462 e. The highest BCUT2D eigenvalue weighted by Gasteiger charge is 2.37. The summed E-state index contributed by atoms with van der Waals surface area (Å²) in [5.74, 6) is -0.582. The quantitative estimate of drug-likeness (QED) is 0.168. The van der Waals surface area contributed by atoms with Gasteiger partial charge in [0.15, 0.2) is 11.9 Å². The second-order valence-electron chi connectivity index (χ2n) is 13.0. The summed E-state index contributed by atoms with van der Waals surface area (Å²) in [6.45, 7) is 3.63. The van der Waals surface area contributed by atoms with Crippen LogP contribution < -0.4 is 16.3 Å². The van der Waals surface area contributed by atoms with E-state index in [9.17, 15) is 32.3 Å². The zero-order valence-electron chi connectivity index (χ0n) is 29.4. The normalized spacial score (nSPS) is 15.9. The fourth-order valence-corrected chi connectivity index (χ4v) is 6.87. The summed E-state index contributed by atoms with van der Waals surface area (Å²) < 4.78 is 53.7. The molecule has 0 aliphatic carbocycles. The maximum absolute atomic E-state index is 14.0. The first-order valence-corrected chi connectivity index (χ1v) is 17.9. The third kappa shape index (κ3) is 8.65. The van der Waals surface area contributed by atoms with Crippen LogP contribution in [0.3, 0.4) is 0 Å². The highest BCUT2D eigenvalue weighted by Crippen LogP contribution is 2.38. The van der Waals surface area contributed by atoms with Gasteiger partial charge < -0.3 is 29.9 Å². The van der Waals surface area contributed by atoms with Crippen LogP contribution in [0, 0.1) is 0 Å². The zero-order chi connectivity index (χ0) is 38.6. The van der Waals surface area contributed by atoms with E-state index < -0.39 is 41.5 Å². The van der Waals surface area contributed by atoms with E-state index >= 15 is 0 Å². The Labute approximate surface area is 313 Å². The topological polar surface area (TPSA) is 156 Å². The van der Waals surface area contributed by atoms with Crippen molar-refractivity contribution in [3.05, 3.63) is 98.9 Å². The number of amides is 2. The molecule has 3 heterocycles. The number of hydrogen-bond acceptors (Lipinski definition) is 9. The Morgan fingerprint density at radius 1 is 0.963 bits per heavy atom. The van der Waals surface area contributed by atoms with Crippen molar-refractivity contribution in [2.75, 3.05) is 56.5 Å². The molecule has 3 aromatic carbocycles. The Kier molecular flexibility index (Phi) is 11.5. The molecule has 2 fully saturated rings. The molecular formula is C37H39ClF3N7O6. The lowest BCUT2D eigenvalue weighted by atomic mass is 10.0. The Bertz CT molecular complexity index is 2020. The molecule has 6 rings (SSSR count). The molecule has 0 unspecified atom stereocenters. The number of rotatable bonds is 9. The SMILES string of the molecule is CCOC(=O)c1ccc(N2CCN(C(=O)[C@@H](Cc3cc(Cl)c(N)c(C(F)(F)F)c3)OC(=O)N3CCC(n4nc(-c5ccccc5)[nH]c4=O)CC3)CC2)cc1. The van der Waals surface area contributed by atoms with E-state index in [1.807, 2.05) is 35.2 Å². The van der Waals surface area contributed by atoms with Gasteiger partial charge in [-0.15, -0.1) is 5.10 Å². The van der Waals surface area contributed by atoms with Gasteiger partial charge in [-0.3, -0.25) is 9.78 Å². The van der Waals surface area contributed by atoms with Crippen LogP contribution in [0.1, 0.15) is 47.3 Å². The number of nitrogen functional groups attached to an aromatic ring is 1. The molecule has 2 aliphatic rings. The van der Waals surface area contributed by atoms with Crippen LogP contribution in [0.2, 0.25) is 5.02 Å². The standard InChI is InChI=1S/C37H39ClF3N7O6/c1-2-53-34(50)25-8-10-26(11-9-25)45-16-18-46(19-17-45)33(49)30(22-23-20-28(37(39,40)41)31(42)29(38)21-23)54-36(52)47-14-12-27(13-15-47)48-35(51)43-32(44-48)24-6-4-3-5-7-24/h3-11,20-21,27,30H,2,12-19,22,42H2,1H3,(H,43,44,51)/t30-/m1/s1. The number of alkyl halides is 3. The molecule has 13 nitrogen and oxygen atoms in total. The minimum absolute atomic E-state index is 0.0128. The fraction of sp³-hybridized carbons (Fsp3) is 0.378. The predicted octanol–water partition coefficient (Wildman–Crippen LogP) is 5.40. The Morgan fingerprint density at radius 3 is 2.26 bits per heavy atom. The summed E-state index contributed by atoms with van der Waals surface area (Å²) in [4.78, 5) is 60.1. The van der Waals surface area contributed by atoms with Crippen molar-refractivity contribution < 1.29 is 37.0 Å². The molecule has 4 aromatic rings. The smallest absolute Gasteiger partial charge is 0.418 e. The molecule has 286 valence electrons. The first-order valence-electron chi connectivity index (χ1n) is 17.5. The summed E-state index contributed by atoms with van der Waals surface area (Å²) in [5.41, 5.74) is 5.46. The van der Waals surface area contributed by atoms with Gasteiger partial charge in [-0.25, -0.2) is 19.1 Å². The maximum Gasteiger partial charge on any atom is 0.418 e. The molecule has 1 atom stereocenters.